The van der Waals surface area contributed by atoms with E-state index in [1.54, 1.807) is 0 Å². The molecule has 3 nitrogen and oxygen atoms in total. The molecule has 2 fully saturated rings. The molecule has 0 amide bonds. The average molecular weight is 268 g/mol. The second-order valence-corrected chi connectivity index (χ2v) is 6.41. The largest absolute Gasteiger partial charge is 0.383 e. The molecule has 1 aliphatic heterocycles. The summed E-state index contributed by atoms with van der Waals surface area (Å²) in [5.74, 6) is 0.967. The van der Waals surface area contributed by atoms with Gasteiger partial charge in [-0.05, 0) is 51.1 Å². The van der Waals surface area contributed by atoms with Crippen LogP contribution in [-0.2, 0) is 4.74 Å². The summed E-state index contributed by atoms with van der Waals surface area (Å²) < 4.78 is 5.44. The first-order valence-corrected chi connectivity index (χ1v) is 8.29. The van der Waals surface area contributed by atoms with Gasteiger partial charge in [0.05, 0.1) is 6.61 Å². The second kappa shape index (κ2) is 8.23. The van der Waals surface area contributed by atoms with Crippen molar-refractivity contribution in [1.29, 1.82) is 0 Å². The molecule has 0 aromatic rings. The van der Waals surface area contributed by atoms with Crippen molar-refractivity contribution in [1.82, 2.24) is 10.2 Å². The van der Waals surface area contributed by atoms with Crippen molar-refractivity contribution in [2.75, 3.05) is 33.4 Å². The minimum atomic E-state index is 0.575. The second-order valence-electron chi connectivity index (χ2n) is 6.41. The maximum atomic E-state index is 5.44. The lowest BCUT2D eigenvalue weighted by molar-refractivity contribution is 0.0902. The molecule has 1 aliphatic carbocycles. The first-order valence-electron chi connectivity index (χ1n) is 8.29. The van der Waals surface area contributed by atoms with E-state index in [1.165, 1.54) is 58.0 Å². The van der Waals surface area contributed by atoms with Gasteiger partial charge in [0.1, 0.15) is 0 Å². The van der Waals surface area contributed by atoms with E-state index >= 15 is 0 Å². The van der Waals surface area contributed by atoms with Gasteiger partial charge >= 0.3 is 0 Å². The molecule has 2 rings (SSSR count). The average Bonchev–Trinajstić information content (AvgIpc) is 3.22. The van der Waals surface area contributed by atoms with E-state index in [-0.39, 0.29) is 0 Å². The number of nitrogens with zero attached hydrogens (tertiary/aromatic N) is 1. The maximum absolute atomic E-state index is 5.44. The van der Waals surface area contributed by atoms with Crippen LogP contribution < -0.4 is 5.32 Å². The fourth-order valence-electron chi connectivity index (χ4n) is 3.33. The minimum Gasteiger partial charge on any atom is -0.383 e. The lowest BCUT2D eigenvalue weighted by atomic mass is 9.96. The zero-order chi connectivity index (χ0) is 13.5. The van der Waals surface area contributed by atoms with Crippen molar-refractivity contribution in [3.8, 4) is 0 Å². The van der Waals surface area contributed by atoms with Crippen LogP contribution in [0.4, 0.5) is 0 Å². The standard InChI is InChI=1S/C16H32N2O/c1-3-5-14-6-4-10-18(11-9-14)16(13-19-2)12-17-15-7-8-15/h14-17H,3-13H2,1-2H3. The monoisotopic (exact) mass is 268 g/mol. The molecule has 1 saturated heterocycles. The van der Waals surface area contributed by atoms with Crippen LogP contribution in [0.5, 0.6) is 0 Å². The first kappa shape index (κ1) is 15.3. The number of nitrogens with one attached hydrogen (secondary N) is 1. The van der Waals surface area contributed by atoms with Crippen molar-refractivity contribution < 1.29 is 4.74 Å². The third-order valence-corrected chi connectivity index (χ3v) is 4.67. The number of hydrogen-bond acceptors (Lipinski definition) is 3. The van der Waals surface area contributed by atoms with Gasteiger partial charge in [0, 0.05) is 25.7 Å². The summed E-state index contributed by atoms with van der Waals surface area (Å²) in [4.78, 5) is 2.68. The molecule has 0 aromatic carbocycles. The third-order valence-electron chi connectivity index (χ3n) is 4.67. The van der Waals surface area contributed by atoms with Crippen LogP contribution in [0.3, 0.4) is 0 Å². The SMILES string of the molecule is CCCC1CCCN(C(CNC2CC2)COC)CC1. The van der Waals surface area contributed by atoms with Gasteiger partial charge in [0.25, 0.3) is 0 Å². The molecule has 1 heterocycles. The van der Waals surface area contributed by atoms with Crippen LogP contribution in [0, 0.1) is 5.92 Å². The number of methoxy groups -OCH3 is 1. The molecule has 2 aliphatic rings. The minimum absolute atomic E-state index is 0.575. The molecular weight excluding hydrogens is 236 g/mol. The lowest BCUT2D eigenvalue weighted by Gasteiger charge is -2.30. The van der Waals surface area contributed by atoms with Crippen LogP contribution in [0.2, 0.25) is 0 Å². The predicted molar refractivity (Wildman–Crippen MR) is 80.5 cm³/mol. The Kier molecular flexibility index (Phi) is 6.62. The van der Waals surface area contributed by atoms with Crippen molar-refractivity contribution in [2.45, 2.75) is 64.0 Å². The Balaban J connectivity index is 1.77. The molecule has 112 valence electrons. The summed E-state index contributed by atoms with van der Waals surface area (Å²) in [6.45, 7) is 6.83. The summed E-state index contributed by atoms with van der Waals surface area (Å²) >= 11 is 0. The van der Waals surface area contributed by atoms with E-state index in [4.69, 9.17) is 4.74 Å². The van der Waals surface area contributed by atoms with Crippen LogP contribution >= 0.6 is 0 Å². The van der Waals surface area contributed by atoms with E-state index in [1.807, 2.05) is 7.11 Å². The van der Waals surface area contributed by atoms with Gasteiger partial charge in [-0.3, -0.25) is 4.90 Å². The van der Waals surface area contributed by atoms with E-state index in [0.717, 1.165) is 25.1 Å². The number of rotatable bonds is 8. The lowest BCUT2D eigenvalue weighted by Crippen LogP contribution is -2.46. The molecule has 2 atom stereocenters. The zero-order valence-electron chi connectivity index (χ0n) is 12.9. The van der Waals surface area contributed by atoms with E-state index in [0.29, 0.717) is 6.04 Å². The molecule has 1 N–H and O–H groups in total. The highest BCUT2D eigenvalue weighted by Gasteiger charge is 2.26. The molecule has 0 spiro atoms. The van der Waals surface area contributed by atoms with Crippen LogP contribution in [-0.4, -0.2) is 50.3 Å². The first-order chi connectivity index (χ1) is 9.33. The highest BCUT2D eigenvalue weighted by molar-refractivity contribution is 4.85. The number of likely N-dealkylation sites (tertiary alicyclic amines) is 1. The van der Waals surface area contributed by atoms with Gasteiger partial charge in [-0.1, -0.05) is 19.8 Å². The van der Waals surface area contributed by atoms with Crippen molar-refractivity contribution in [2.24, 2.45) is 5.92 Å². The van der Waals surface area contributed by atoms with E-state index in [2.05, 4.69) is 17.1 Å². The summed E-state index contributed by atoms with van der Waals surface area (Å²) in [5.41, 5.74) is 0. The molecular formula is C16H32N2O. The summed E-state index contributed by atoms with van der Waals surface area (Å²) in [6, 6.07) is 1.38. The number of ether oxygens (including phenoxy) is 1. The molecule has 1 saturated carbocycles. The van der Waals surface area contributed by atoms with E-state index < -0.39 is 0 Å². The normalized spacial score (nSPS) is 27.2. The maximum Gasteiger partial charge on any atom is 0.0630 e. The Bertz CT molecular complexity index is 243. The highest BCUT2D eigenvalue weighted by atomic mass is 16.5. The zero-order valence-corrected chi connectivity index (χ0v) is 12.9. The van der Waals surface area contributed by atoms with Gasteiger partial charge in [-0.2, -0.15) is 0 Å². The van der Waals surface area contributed by atoms with E-state index in [9.17, 15) is 0 Å². The van der Waals surface area contributed by atoms with Crippen LogP contribution in [0.1, 0.15) is 51.9 Å². The Morgan fingerprint density at radius 3 is 2.74 bits per heavy atom. The Morgan fingerprint density at radius 2 is 2.05 bits per heavy atom. The van der Waals surface area contributed by atoms with Crippen LogP contribution in [0.25, 0.3) is 0 Å². The Morgan fingerprint density at radius 1 is 1.21 bits per heavy atom. The number of hydrogen-bond donors (Lipinski definition) is 1. The molecule has 2 unspecified atom stereocenters. The Labute approximate surface area is 119 Å². The predicted octanol–water partition coefficient (Wildman–Crippen LogP) is 2.66. The quantitative estimate of drug-likeness (QED) is 0.732. The van der Waals surface area contributed by atoms with Gasteiger partial charge in [0.2, 0.25) is 0 Å². The van der Waals surface area contributed by atoms with Crippen molar-refractivity contribution >= 4 is 0 Å². The third kappa shape index (κ3) is 5.41. The molecule has 3 heteroatoms. The van der Waals surface area contributed by atoms with Gasteiger partial charge in [-0.15, -0.1) is 0 Å². The smallest absolute Gasteiger partial charge is 0.0630 e. The fourth-order valence-corrected chi connectivity index (χ4v) is 3.33. The van der Waals surface area contributed by atoms with Crippen molar-refractivity contribution in [3.63, 3.8) is 0 Å². The van der Waals surface area contributed by atoms with Gasteiger partial charge in [-0.25, -0.2) is 0 Å². The molecule has 0 bridgehead atoms. The highest BCUT2D eigenvalue weighted by Crippen LogP contribution is 2.23. The summed E-state index contributed by atoms with van der Waals surface area (Å²) in [6.07, 6.45) is 9.70. The molecule has 19 heavy (non-hydrogen) atoms. The molecule has 0 aromatic heterocycles. The van der Waals surface area contributed by atoms with Gasteiger partial charge < -0.3 is 10.1 Å². The summed E-state index contributed by atoms with van der Waals surface area (Å²) in [5, 5.41) is 3.67. The Hall–Kier alpha value is -0.120. The summed E-state index contributed by atoms with van der Waals surface area (Å²) in [7, 11) is 1.84. The molecule has 0 radical (unpaired) electrons. The van der Waals surface area contributed by atoms with Crippen LogP contribution in [0.15, 0.2) is 0 Å². The topological polar surface area (TPSA) is 24.5 Å². The fraction of sp³-hybridized carbons (Fsp3) is 1.00. The van der Waals surface area contributed by atoms with Gasteiger partial charge in [0.15, 0.2) is 0 Å². The van der Waals surface area contributed by atoms with Crippen molar-refractivity contribution in [3.05, 3.63) is 0 Å².